The average Bonchev–Trinajstić information content (AvgIpc) is 3.24. The van der Waals surface area contributed by atoms with Crippen molar-refractivity contribution in [3.8, 4) is 0 Å². The maximum Gasteiger partial charge on any atom is 0.0489 e. The summed E-state index contributed by atoms with van der Waals surface area (Å²) in [5, 5.41) is 15.8. The fraction of sp³-hybridized carbons (Fsp3) is 0.588. The zero-order valence-electron chi connectivity index (χ0n) is 13.5. The molecule has 0 radical (unpaired) electrons. The van der Waals surface area contributed by atoms with E-state index in [-0.39, 0.29) is 6.61 Å². The van der Waals surface area contributed by atoms with Crippen LogP contribution in [-0.4, -0.2) is 63.5 Å². The standard InChI is InChI=1S/C17H26N4OS/c22-12-5-16-14-19(7-3-9-21-8-2-6-18-21)10-11-20(16)15-17-4-1-13-23-17/h1-2,4,6,8,13,16,22H,3,5,7,9-12,14-15H2/t16-/m0/s1. The number of hydrogen-bond acceptors (Lipinski definition) is 5. The van der Waals surface area contributed by atoms with Crippen molar-refractivity contribution < 1.29 is 5.11 Å². The van der Waals surface area contributed by atoms with Crippen LogP contribution in [0.5, 0.6) is 0 Å². The molecule has 5 nitrogen and oxygen atoms in total. The van der Waals surface area contributed by atoms with Gasteiger partial charge in [-0.3, -0.25) is 9.58 Å². The second-order valence-corrected chi connectivity index (χ2v) is 7.17. The Morgan fingerprint density at radius 3 is 2.96 bits per heavy atom. The molecule has 2 aromatic heterocycles. The second-order valence-electron chi connectivity index (χ2n) is 6.14. The Balaban J connectivity index is 1.47. The smallest absolute Gasteiger partial charge is 0.0489 e. The zero-order valence-corrected chi connectivity index (χ0v) is 14.4. The molecule has 0 amide bonds. The molecular formula is C17H26N4OS. The molecule has 0 aromatic carbocycles. The van der Waals surface area contributed by atoms with Crippen molar-refractivity contribution in [3.05, 3.63) is 40.8 Å². The molecule has 3 rings (SSSR count). The van der Waals surface area contributed by atoms with Crippen molar-refractivity contribution in [2.45, 2.75) is 32.0 Å². The van der Waals surface area contributed by atoms with E-state index in [1.54, 1.807) is 0 Å². The van der Waals surface area contributed by atoms with E-state index < -0.39 is 0 Å². The molecule has 126 valence electrons. The first-order valence-electron chi connectivity index (χ1n) is 8.42. The van der Waals surface area contributed by atoms with E-state index in [4.69, 9.17) is 0 Å². The summed E-state index contributed by atoms with van der Waals surface area (Å²) in [6, 6.07) is 6.75. The Morgan fingerprint density at radius 1 is 1.26 bits per heavy atom. The van der Waals surface area contributed by atoms with Gasteiger partial charge in [-0.25, -0.2) is 0 Å². The molecule has 1 aliphatic rings. The highest BCUT2D eigenvalue weighted by molar-refractivity contribution is 7.09. The van der Waals surface area contributed by atoms with Crippen LogP contribution in [0.1, 0.15) is 17.7 Å². The van der Waals surface area contributed by atoms with Gasteiger partial charge in [-0.05, 0) is 30.4 Å². The molecular weight excluding hydrogens is 308 g/mol. The largest absolute Gasteiger partial charge is 0.396 e. The van der Waals surface area contributed by atoms with Crippen molar-refractivity contribution in [3.63, 3.8) is 0 Å². The Bertz CT molecular complexity index is 543. The minimum absolute atomic E-state index is 0.271. The number of piperazine rings is 1. The molecule has 0 aliphatic carbocycles. The van der Waals surface area contributed by atoms with Gasteiger partial charge in [0.05, 0.1) is 0 Å². The van der Waals surface area contributed by atoms with Gasteiger partial charge in [0.25, 0.3) is 0 Å². The third-order valence-corrected chi connectivity index (χ3v) is 5.37. The summed E-state index contributed by atoms with van der Waals surface area (Å²) in [5.74, 6) is 0. The van der Waals surface area contributed by atoms with Crippen LogP contribution < -0.4 is 0 Å². The van der Waals surface area contributed by atoms with Gasteiger partial charge < -0.3 is 10.0 Å². The van der Waals surface area contributed by atoms with Gasteiger partial charge in [-0.1, -0.05) is 6.07 Å². The van der Waals surface area contributed by atoms with E-state index >= 15 is 0 Å². The molecule has 1 aliphatic heterocycles. The van der Waals surface area contributed by atoms with Crippen LogP contribution in [0.15, 0.2) is 36.0 Å². The van der Waals surface area contributed by atoms with Crippen LogP contribution >= 0.6 is 11.3 Å². The van der Waals surface area contributed by atoms with E-state index in [9.17, 15) is 5.11 Å². The number of aryl methyl sites for hydroxylation is 1. The molecule has 1 saturated heterocycles. The van der Waals surface area contributed by atoms with Crippen LogP contribution in [0.25, 0.3) is 0 Å². The fourth-order valence-electron chi connectivity index (χ4n) is 3.28. The second kappa shape index (κ2) is 8.59. The average molecular weight is 334 g/mol. The topological polar surface area (TPSA) is 44.5 Å². The Morgan fingerprint density at radius 2 is 2.22 bits per heavy atom. The summed E-state index contributed by atoms with van der Waals surface area (Å²) in [7, 11) is 0. The molecule has 1 atom stereocenters. The third-order valence-electron chi connectivity index (χ3n) is 4.51. The number of nitrogens with zero attached hydrogens (tertiary/aromatic N) is 4. The van der Waals surface area contributed by atoms with Crippen LogP contribution in [-0.2, 0) is 13.1 Å². The highest BCUT2D eigenvalue weighted by Gasteiger charge is 2.26. The first kappa shape index (κ1) is 16.6. The van der Waals surface area contributed by atoms with Gasteiger partial charge in [0, 0.05) is 69.2 Å². The summed E-state index contributed by atoms with van der Waals surface area (Å²) < 4.78 is 2.00. The Kier molecular flexibility index (Phi) is 6.21. The minimum atomic E-state index is 0.271. The van der Waals surface area contributed by atoms with Crippen LogP contribution in [0.4, 0.5) is 0 Å². The first-order valence-corrected chi connectivity index (χ1v) is 9.30. The quantitative estimate of drug-likeness (QED) is 0.801. The van der Waals surface area contributed by atoms with E-state index in [1.807, 2.05) is 34.5 Å². The molecule has 0 bridgehead atoms. The number of aliphatic hydroxyl groups excluding tert-OH is 1. The Labute approximate surface area is 142 Å². The normalized spacial score (nSPS) is 20.1. The maximum absolute atomic E-state index is 9.40. The van der Waals surface area contributed by atoms with Crippen LogP contribution in [0.3, 0.4) is 0 Å². The third kappa shape index (κ3) is 4.88. The number of rotatable bonds is 8. The number of aromatic nitrogens is 2. The summed E-state index contributed by atoms with van der Waals surface area (Å²) >= 11 is 1.82. The fourth-order valence-corrected chi connectivity index (χ4v) is 4.01. The van der Waals surface area contributed by atoms with E-state index in [0.717, 1.165) is 52.1 Å². The lowest BCUT2D eigenvalue weighted by atomic mass is 10.1. The summed E-state index contributed by atoms with van der Waals surface area (Å²) in [6.07, 6.45) is 5.84. The van der Waals surface area contributed by atoms with Gasteiger partial charge in [0.15, 0.2) is 0 Å². The molecule has 3 heterocycles. The van der Waals surface area contributed by atoms with Crippen molar-refractivity contribution in [2.24, 2.45) is 0 Å². The Hall–Kier alpha value is -1.21. The number of aliphatic hydroxyl groups is 1. The molecule has 0 spiro atoms. The van der Waals surface area contributed by atoms with Crippen molar-refractivity contribution >= 4 is 11.3 Å². The van der Waals surface area contributed by atoms with E-state index in [1.165, 1.54) is 4.88 Å². The molecule has 6 heteroatoms. The van der Waals surface area contributed by atoms with Gasteiger partial charge in [-0.15, -0.1) is 11.3 Å². The van der Waals surface area contributed by atoms with Crippen molar-refractivity contribution in [1.29, 1.82) is 0 Å². The molecule has 23 heavy (non-hydrogen) atoms. The molecule has 1 fully saturated rings. The summed E-state index contributed by atoms with van der Waals surface area (Å²) in [5.41, 5.74) is 0. The van der Waals surface area contributed by atoms with Crippen molar-refractivity contribution in [1.82, 2.24) is 19.6 Å². The maximum atomic E-state index is 9.40. The molecule has 0 unspecified atom stereocenters. The predicted molar refractivity (Wildman–Crippen MR) is 93.5 cm³/mol. The summed E-state index contributed by atoms with van der Waals surface area (Å²) in [4.78, 5) is 6.49. The molecule has 2 aromatic rings. The molecule has 1 N–H and O–H groups in total. The molecule has 0 saturated carbocycles. The predicted octanol–water partition coefficient (Wildman–Crippen LogP) is 1.90. The summed E-state index contributed by atoms with van der Waals surface area (Å²) in [6.45, 7) is 6.64. The number of thiophene rings is 1. The highest BCUT2D eigenvalue weighted by Crippen LogP contribution is 2.19. The number of hydrogen-bond donors (Lipinski definition) is 1. The van der Waals surface area contributed by atoms with Crippen LogP contribution in [0.2, 0.25) is 0 Å². The van der Waals surface area contributed by atoms with Gasteiger partial charge in [0.1, 0.15) is 0 Å². The van der Waals surface area contributed by atoms with Crippen LogP contribution in [0, 0.1) is 0 Å². The van der Waals surface area contributed by atoms with E-state index in [2.05, 4.69) is 32.4 Å². The van der Waals surface area contributed by atoms with Crippen molar-refractivity contribution in [2.75, 3.05) is 32.8 Å². The van der Waals surface area contributed by atoms with Gasteiger partial charge >= 0.3 is 0 Å². The van der Waals surface area contributed by atoms with Gasteiger partial charge in [0.2, 0.25) is 0 Å². The highest BCUT2D eigenvalue weighted by atomic mass is 32.1. The lowest BCUT2D eigenvalue weighted by Crippen LogP contribution is -2.53. The monoisotopic (exact) mass is 334 g/mol. The minimum Gasteiger partial charge on any atom is -0.396 e. The first-order chi connectivity index (χ1) is 11.3. The lowest BCUT2D eigenvalue weighted by molar-refractivity contribution is 0.0532. The van der Waals surface area contributed by atoms with Gasteiger partial charge in [-0.2, -0.15) is 5.10 Å². The lowest BCUT2D eigenvalue weighted by Gasteiger charge is -2.41. The SMILES string of the molecule is OCC[C@H]1CN(CCCn2cccn2)CCN1Cc1cccs1. The zero-order chi connectivity index (χ0) is 15.9. The van der Waals surface area contributed by atoms with E-state index in [0.29, 0.717) is 6.04 Å².